The molecule has 2 aliphatic heterocycles. The van der Waals surface area contributed by atoms with Crippen molar-refractivity contribution in [1.82, 2.24) is 19.9 Å². The summed E-state index contributed by atoms with van der Waals surface area (Å²) in [5, 5.41) is 8.47. The van der Waals surface area contributed by atoms with Crippen molar-refractivity contribution in [2.24, 2.45) is 0 Å². The van der Waals surface area contributed by atoms with Gasteiger partial charge in [-0.15, -0.1) is 17.5 Å². The maximum Gasteiger partial charge on any atom is 0.135 e. The van der Waals surface area contributed by atoms with Gasteiger partial charge in [-0.05, 0) is 32.0 Å². The number of nitrogens with zero attached hydrogens (tertiary/aromatic N) is 4. The third-order valence-corrected chi connectivity index (χ3v) is 5.58. The molecule has 2 aromatic heterocycles. The van der Waals surface area contributed by atoms with Crippen LogP contribution in [-0.4, -0.2) is 39.1 Å². The van der Waals surface area contributed by atoms with Crippen molar-refractivity contribution in [1.29, 1.82) is 0 Å². The Morgan fingerprint density at radius 2 is 2.00 bits per heavy atom. The van der Waals surface area contributed by atoms with Crippen molar-refractivity contribution < 1.29 is 17.9 Å². The summed E-state index contributed by atoms with van der Waals surface area (Å²) in [5.74, 6) is 0.577. The lowest BCUT2D eigenvalue weighted by atomic mass is 10.1. The highest BCUT2D eigenvalue weighted by molar-refractivity contribution is 5.85. The first kappa shape index (κ1) is 20.0. The molecule has 0 bridgehead atoms. The number of halogens is 3. The Bertz CT molecular complexity index is 1050. The van der Waals surface area contributed by atoms with E-state index in [1.54, 1.807) is 0 Å². The Kier molecular flexibility index (Phi) is 5.18. The Morgan fingerprint density at radius 1 is 1.17 bits per heavy atom. The molecule has 154 valence electrons. The van der Waals surface area contributed by atoms with Gasteiger partial charge in [-0.3, -0.25) is 4.90 Å². The van der Waals surface area contributed by atoms with Gasteiger partial charge in [0.1, 0.15) is 28.8 Å². The second kappa shape index (κ2) is 7.51. The molecule has 0 amide bonds. The van der Waals surface area contributed by atoms with Crippen LogP contribution in [0.3, 0.4) is 0 Å². The first-order valence-electron chi connectivity index (χ1n) is 9.29. The Labute approximate surface area is 172 Å². The van der Waals surface area contributed by atoms with Crippen molar-refractivity contribution in [3.8, 4) is 11.3 Å². The molecular weight excluding hydrogens is 402 g/mol. The van der Waals surface area contributed by atoms with Gasteiger partial charge in [-0.25, -0.2) is 13.5 Å². The van der Waals surface area contributed by atoms with E-state index in [-0.39, 0.29) is 30.1 Å². The fourth-order valence-corrected chi connectivity index (χ4v) is 4.23. The van der Waals surface area contributed by atoms with Crippen molar-refractivity contribution in [2.75, 3.05) is 13.1 Å². The molecule has 29 heavy (non-hydrogen) atoms. The van der Waals surface area contributed by atoms with Crippen LogP contribution in [0.5, 0.6) is 0 Å². The van der Waals surface area contributed by atoms with E-state index in [2.05, 4.69) is 21.3 Å². The highest BCUT2D eigenvalue weighted by atomic mass is 35.5. The molecule has 2 atom stereocenters. The van der Waals surface area contributed by atoms with Crippen LogP contribution >= 0.6 is 12.4 Å². The maximum absolute atomic E-state index is 14.2. The van der Waals surface area contributed by atoms with Gasteiger partial charge >= 0.3 is 0 Å². The van der Waals surface area contributed by atoms with Crippen LogP contribution in [0.15, 0.2) is 28.7 Å². The number of rotatable bonds is 3. The average Bonchev–Trinajstić information content (AvgIpc) is 3.31. The van der Waals surface area contributed by atoms with E-state index in [1.165, 1.54) is 17.7 Å². The van der Waals surface area contributed by atoms with E-state index < -0.39 is 11.6 Å². The summed E-state index contributed by atoms with van der Waals surface area (Å²) in [7, 11) is 0. The molecule has 1 aromatic carbocycles. The zero-order chi connectivity index (χ0) is 19.4. The lowest BCUT2D eigenvalue weighted by Crippen LogP contribution is -2.32. The molecule has 6 nitrogen and oxygen atoms in total. The van der Waals surface area contributed by atoms with Crippen LogP contribution in [0.1, 0.15) is 28.8 Å². The first-order chi connectivity index (χ1) is 13.5. The van der Waals surface area contributed by atoms with Gasteiger partial charge in [-0.2, -0.15) is 0 Å². The molecule has 5 rings (SSSR count). The number of aryl methyl sites for hydroxylation is 2. The molecule has 0 saturated carbocycles. The highest BCUT2D eigenvalue weighted by Gasteiger charge is 2.41. The number of furan rings is 1. The second-order valence-corrected chi connectivity index (χ2v) is 7.50. The summed E-state index contributed by atoms with van der Waals surface area (Å²) >= 11 is 0. The van der Waals surface area contributed by atoms with E-state index in [1.807, 2.05) is 18.5 Å². The van der Waals surface area contributed by atoms with Crippen LogP contribution in [-0.2, 0) is 17.9 Å². The van der Waals surface area contributed by atoms with Crippen molar-refractivity contribution in [3.05, 3.63) is 58.7 Å². The molecule has 1 saturated heterocycles. The number of fused-ring (bicyclic) bond motifs is 3. The predicted octanol–water partition coefficient (Wildman–Crippen LogP) is 3.81. The number of likely N-dealkylation sites (tertiary alicyclic amines) is 1. The van der Waals surface area contributed by atoms with Crippen molar-refractivity contribution in [3.63, 3.8) is 0 Å². The zero-order valence-corrected chi connectivity index (χ0v) is 16.9. The van der Waals surface area contributed by atoms with Crippen LogP contribution in [0.4, 0.5) is 8.78 Å². The topological polar surface area (TPSA) is 56.3 Å². The monoisotopic (exact) mass is 422 g/mol. The van der Waals surface area contributed by atoms with Gasteiger partial charge in [-0.1, -0.05) is 5.21 Å². The number of hydrogen-bond acceptors (Lipinski definition) is 5. The van der Waals surface area contributed by atoms with Gasteiger partial charge in [0.15, 0.2) is 0 Å². The van der Waals surface area contributed by atoms with E-state index in [0.717, 1.165) is 42.9 Å². The summed E-state index contributed by atoms with van der Waals surface area (Å²) in [5.41, 5.74) is 2.55. The number of ether oxygens (including phenoxy) is 1. The molecule has 0 unspecified atom stereocenters. The number of aromatic nitrogens is 3. The maximum atomic E-state index is 14.2. The quantitative estimate of drug-likeness (QED) is 0.642. The predicted molar refractivity (Wildman–Crippen MR) is 104 cm³/mol. The molecule has 9 heteroatoms. The smallest absolute Gasteiger partial charge is 0.135 e. The Balaban J connectivity index is 0.00000205. The molecule has 4 heterocycles. The molecular formula is C20H21ClF2N4O2. The summed E-state index contributed by atoms with van der Waals surface area (Å²) in [6.07, 6.45) is 0.00780. The van der Waals surface area contributed by atoms with Crippen LogP contribution in [0.2, 0.25) is 0 Å². The third kappa shape index (κ3) is 3.45. The van der Waals surface area contributed by atoms with E-state index in [0.29, 0.717) is 12.3 Å². The van der Waals surface area contributed by atoms with Crippen molar-refractivity contribution in [2.45, 2.75) is 39.1 Å². The van der Waals surface area contributed by atoms with Gasteiger partial charge in [0.05, 0.1) is 24.4 Å². The summed E-state index contributed by atoms with van der Waals surface area (Å²) in [6.45, 7) is 6.55. The van der Waals surface area contributed by atoms with Gasteiger partial charge in [0, 0.05) is 36.8 Å². The molecule has 3 aromatic rings. The standard InChI is InChI=1S/C20H20F2N4O2.ClH/c1-11-5-13(12(2)28-11)7-25-8-17-19(9-25)27-10-18-20(23-24-26(17)18)15-4-3-14(21)6-16(15)22;/h3-6,17,19H,7-10H2,1-2H3;1H/t17-,19-;/m1./s1. The zero-order valence-electron chi connectivity index (χ0n) is 16.1. The SMILES string of the molecule is Cc1cc(CN2C[C@@H]3[C@@H](C2)OCc2c(-c4ccc(F)cc4F)nnn23)c(C)o1.Cl. The Hall–Kier alpha value is -2.29. The molecule has 0 N–H and O–H groups in total. The number of hydrogen-bond donors (Lipinski definition) is 0. The van der Waals surface area contributed by atoms with E-state index in [4.69, 9.17) is 9.15 Å². The van der Waals surface area contributed by atoms with Gasteiger partial charge < -0.3 is 9.15 Å². The van der Waals surface area contributed by atoms with Crippen LogP contribution in [0, 0.1) is 25.5 Å². The molecule has 0 radical (unpaired) electrons. The lowest BCUT2D eigenvalue weighted by Gasteiger charge is -2.26. The summed E-state index contributed by atoms with van der Waals surface area (Å²) in [6, 6.07) is 5.56. The first-order valence-corrected chi connectivity index (χ1v) is 9.29. The van der Waals surface area contributed by atoms with Gasteiger partial charge in [0.25, 0.3) is 0 Å². The lowest BCUT2D eigenvalue weighted by molar-refractivity contribution is -0.00495. The van der Waals surface area contributed by atoms with E-state index in [9.17, 15) is 8.78 Å². The van der Waals surface area contributed by atoms with E-state index >= 15 is 0 Å². The van der Waals surface area contributed by atoms with Crippen LogP contribution in [0.25, 0.3) is 11.3 Å². The number of benzene rings is 1. The average molecular weight is 423 g/mol. The summed E-state index contributed by atoms with van der Waals surface area (Å²) < 4.78 is 41.0. The Morgan fingerprint density at radius 3 is 2.72 bits per heavy atom. The van der Waals surface area contributed by atoms with Crippen LogP contribution < -0.4 is 0 Å². The third-order valence-electron chi connectivity index (χ3n) is 5.58. The summed E-state index contributed by atoms with van der Waals surface area (Å²) in [4.78, 5) is 2.31. The largest absolute Gasteiger partial charge is 0.466 e. The second-order valence-electron chi connectivity index (χ2n) is 7.50. The molecule has 1 fully saturated rings. The minimum absolute atomic E-state index is 0. The molecule has 2 aliphatic rings. The molecule has 0 aliphatic carbocycles. The molecule has 0 spiro atoms. The minimum atomic E-state index is -0.649. The van der Waals surface area contributed by atoms with Gasteiger partial charge in [0.2, 0.25) is 0 Å². The van der Waals surface area contributed by atoms with Crippen molar-refractivity contribution >= 4 is 12.4 Å². The fraction of sp³-hybridized carbons (Fsp3) is 0.400. The normalized spacial score (nSPS) is 21.0. The minimum Gasteiger partial charge on any atom is -0.466 e. The highest BCUT2D eigenvalue weighted by Crippen LogP contribution is 2.35. The fourth-order valence-electron chi connectivity index (χ4n) is 4.23.